The van der Waals surface area contributed by atoms with Gasteiger partial charge in [0.25, 0.3) is 0 Å². The van der Waals surface area contributed by atoms with Gasteiger partial charge in [-0.3, -0.25) is 9.69 Å². The van der Waals surface area contributed by atoms with Crippen molar-refractivity contribution < 1.29 is 38.7 Å². The Hall–Kier alpha value is -0.810. The summed E-state index contributed by atoms with van der Waals surface area (Å²) in [6, 6.07) is -0.395. The van der Waals surface area contributed by atoms with E-state index in [0.717, 1.165) is 6.42 Å². The zero-order chi connectivity index (χ0) is 25.1. The molecule has 1 aliphatic heterocycles. The molecule has 0 radical (unpaired) electrons. The van der Waals surface area contributed by atoms with Crippen LogP contribution in [-0.2, 0) is 28.5 Å². The molecule has 198 valence electrons. The Morgan fingerprint density at radius 2 is 1.83 bits per heavy atom. The molecule has 0 aromatic carbocycles. The molecule has 1 spiro atoms. The van der Waals surface area contributed by atoms with Crippen LogP contribution in [-0.4, -0.2) is 110 Å². The summed E-state index contributed by atoms with van der Waals surface area (Å²) in [4.78, 5) is 15.0. The van der Waals surface area contributed by atoms with Crippen LogP contribution in [0.25, 0.3) is 0 Å². The predicted molar refractivity (Wildman–Crippen MR) is 123 cm³/mol. The Morgan fingerprint density at radius 1 is 1.09 bits per heavy atom. The van der Waals surface area contributed by atoms with Crippen LogP contribution in [0, 0.1) is 29.1 Å². The minimum atomic E-state index is -1.58. The number of aliphatic hydroxyl groups is 2. The lowest BCUT2D eigenvalue weighted by atomic mass is 9.44. The topological polar surface area (TPSA) is 107 Å². The number of piperidine rings is 1. The Kier molecular flexibility index (Phi) is 5.34. The number of methoxy groups -OCH3 is 4. The van der Waals surface area contributed by atoms with Crippen LogP contribution < -0.4 is 0 Å². The molecule has 1 saturated heterocycles. The molecule has 5 saturated carbocycles. The number of carbonyl (C=O) groups excluding carboxylic acids is 1. The van der Waals surface area contributed by atoms with E-state index in [4.69, 9.17) is 23.7 Å². The highest BCUT2D eigenvalue weighted by atomic mass is 16.6. The molecule has 0 amide bonds. The first-order chi connectivity index (χ1) is 16.7. The van der Waals surface area contributed by atoms with Crippen molar-refractivity contribution in [1.29, 1.82) is 0 Å². The fourth-order valence-electron chi connectivity index (χ4n) is 11.0. The number of fused-ring (bicyclic) bond motifs is 2. The van der Waals surface area contributed by atoms with Gasteiger partial charge in [0.05, 0.1) is 36.1 Å². The zero-order valence-electron chi connectivity index (χ0n) is 21.7. The average molecular weight is 496 g/mol. The molecule has 5 aliphatic carbocycles. The minimum Gasteiger partial charge on any atom is -0.455 e. The summed E-state index contributed by atoms with van der Waals surface area (Å²) in [5.41, 5.74) is -4.47. The summed E-state index contributed by atoms with van der Waals surface area (Å²) in [6.07, 6.45) is 1.07. The molecule has 35 heavy (non-hydrogen) atoms. The molecular weight excluding hydrogens is 454 g/mol. The first-order valence-electron chi connectivity index (χ1n) is 13.2. The van der Waals surface area contributed by atoms with E-state index >= 15 is 0 Å². The fourth-order valence-corrected chi connectivity index (χ4v) is 11.0. The highest BCUT2D eigenvalue weighted by molar-refractivity contribution is 5.67. The van der Waals surface area contributed by atoms with Crippen molar-refractivity contribution in [1.82, 2.24) is 4.90 Å². The summed E-state index contributed by atoms with van der Waals surface area (Å²) >= 11 is 0. The van der Waals surface area contributed by atoms with Gasteiger partial charge in [0.2, 0.25) is 0 Å². The van der Waals surface area contributed by atoms with Gasteiger partial charge in [-0.2, -0.15) is 0 Å². The highest BCUT2D eigenvalue weighted by Crippen LogP contribution is 2.79. The molecule has 1 unspecified atom stereocenters. The molecule has 6 aliphatic rings. The first-order valence-corrected chi connectivity index (χ1v) is 13.2. The summed E-state index contributed by atoms with van der Waals surface area (Å²) in [5, 5.41) is 25.5. The van der Waals surface area contributed by atoms with Gasteiger partial charge in [-0.05, 0) is 31.7 Å². The third kappa shape index (κ3) is 2.43. The average Bonchev–Trinajstić information content (AvgIpc) is 3.23. The van der Waals surface area contributed by atoms with Gasteiger partial charge in [0, 0.05) is 71.5 Å². The molecule has 9 nitrogen and oxygen atoms in total. The fraction of sp³-hybridized carbons (Fsp3) is 0.962. The van der Waals surface area contributed by atoms with Gasteiger partial charge in [-0.1, -0.05) is 6.92 Å². The second-order valence-corrected chi connectivity index (χ2v) is 12.0. The van der Waals surface area contributed by atoms with Gasteiger partial charge in [0.1, 0.15) is 5.60 Å². The number of carbonyl (C=O) groups is 1. The monoisotopic (exact) mass is 495 g/mol. The first kappa shape index (κ1) is 24.5. The number of nitrogens with zero attached hydrogens (tertiary/aromatic N) is 1. The molecule has 6 fully saturated rings. The number of rotatable bonds is 6. The van der Waals surface area contributed by atoms with Crippen molar-refractivity contribution in [3.63, 3.8) is 0 Å². The van der Waals surface area contributed by atoms with E-state index in [2.05, 4.69) is 11.8 Å². The molecule has 7 bridgehead atoms. The molecule has 0 aromatic rings. The van der Waals surface area contributed by atoms with Crippen molar-refractivity contribution in [2.24, 2.45) is 29.1 Å². The molecular formula is C26H41NO8. The lowest BCUT2D eigenvalue weighted by molar-refractivity contribution is -0.325. The molecule has 2 N–H and O–H groups in total. The quantitative estimate of drug-likeness (QED) is 0.512. The van der Waals surface area contributed by atoms with Crippen LogP contribution >= 0.6 is 0 Å². The van der Waals surface area contributed by atoms with Crippen LogP contribution in [0.1, 0.15) is 39.5 Å². The van der Waals surface area contributed by atoms with Crippen LogP contribution in [0.2, 0.25) is 0 Å². The molecule has 6 rings (SSSR count). The third-order valence-corrected chi connectivity index (χ3v) is 11.4. The highest BCUT2D eigenvalue weighted by Gasteiger charge is 2.92. The van der Waals surface area contributed by atoms with E-state index in [1.165, 1.54) is 6.92 Å². The maximum atomic E-state index is 13.3. The largest absolute Gasteiger partial charge is 0.455 e. The van der Waals surface area contributed by atoms with Crippen molar-refractivity contribution in [2.75, 3.05) is 41.5 Å². The van der Waals surface area contributed by atoms with Crippen molar-refractivity contribution in [3.8, 4) is 0 Å². The van der Waals surface area contributed by atoms with Crippen LogP contribution in [0.15, 0.2) is 0 Å². The number of hydrogen-bond acceptors (Lipinski definition) is 9. The Morgan fingerprint density at radius 3 is 2.40 bits per heavy atom. The van der Waals surface area contributed by atoms with Gasteiger partial charge in [0.15, 0.2) is 5.60 Å². The second-order valence-electron chi connectivity index (χ2n) is 12.0. The standard InChI is InChI=1S/C26H41NO8/c1-7-27-12-23(29)9-8-17(32-4)25-15-10-14-16(31-3)11-24(35-13(2)28,18(15)19(14)33-5)26(30,22(25)27)21(34-6)20(23)25/h14-22,29-30H,7-12H2,1-6H3/t14-,15-,16+,17+,18-,19+,20-,21+,22?,23-,24-,25+,26-/m1/s1. The summed E-state index contributed by atoms with van der Waals surface area (Å²) in [7, 11) is 6.74. The molecule has 0 aromatic heterocycles. The summed E-state index contributed by atoms with van der Waals surface area (Å²) in [6.45, 7) is 4.58. The lowest BCUT2D eigenvalue weighted by Crippen LogP contribution is -2.83. The Bertz CT molecular complexity index is 903. The number of β-amino-alcohol motifs (C(OH)–C–C–N with tert-alkyl or cyclic N) is 1. The maximum absolute atomic E-state index is 13.3. The van der Waals surface area contributed by atoms with E-state index in [1.807, 2.05) is 0 Å². The third-order valence-electron chi connectivity index (χ3n) is 11.4. The molecule has 9 heteroatoms. The Balaban J connectivity index is 1.71. The van der Waals surface area contributed by atoms with E-state index in [-0.39, 0.29) is 42.0 Å². The summed E-state index contributed by atoms with van der Waals surface area (Å²) < 4.78 is 31.0. The lowest BCUT2D eigenvalue weighted by Gasteiger charge is -2.69. The summed E-state index contributed by atoms with van der Waals surface area (Å²) in [5.74, 6) is -0.943. The van der Waals surface area contributed by atoms with Gasteiger partial charge in [-0.25, -0.2) is 0 Å². The van der Waals surface area contributed by atoms with E-state index < -0.39 is 40.3 Å². The molecule has 1 heterocycles. The van der Waals surface area contributed by atoms with Crippen LogP contribution in [0.4, 0.5) is 0 Å². The zero-order valence-corrected chi connectivity index (χ0v) is 21.7. The number of ether oxygens (including phenoxy) is 5. The molecule has 13 atom stereocenters. The number of likely N-dealkylation sites (N-methyl/N-ethyl adjacent to an activating group) is 1. The van der Waals surface area contributed by atoms with E-state index in [1.54, 1.807) is 28.4 Å². The minimum absolute atomic E-state index is 0.00139. The van der Waals surface area contributed by atoms with Crippen molar-refractivity contribution >= 4 is 5.97 Å². The maximum Gasteiger partial charge on any atom is 0.303 e. The van der Waals surface area contributed by atoms with E-state index in [9.17, 15) is 15.0 Å². The number of esters is 1. The second kappa shape index (κ2) is 7.62. The number of hydrogen-bond donors (Lipinski definition) is 2. The van der Waals surface area contributed by atoms with Gasteiger partial charge >= 0.3 is 5.97 Å². The van der Waals surface area contributed by atoms with Gasteiger partial charge in [-0.15, -0.1) is 0 Å². The predicted octanol–water partition coefficient (Wildman–Crippen LogP) is 0.594. The number of likely N-dealkylation sites (tertiary alicyclic amines) is 1. The van der Waals surface area contributed by atoms with Crippen molar-refractivity contribution in [3.05, 3.63) is 0 Å². The Labute approximate surface area is 207 Å². The van der Waals surface area contributed by atoms with Crippen LogP contribution in [0.5, 0.6) is 0 Å². The SMILES string of the molecule is CCN1C[C@]2(O)CC[C@H](OC)[C@]34C1[C@](O)([C@@H](OC)[C@H]23)[C@@]1(OC(C)=O)C[C@H](OC)[C@H]2C[C@@H]4[C@@H]1[C@H]2OC. The van der Waals surface area contributed by atoms with Gasteiger partial charge < -0.3 is 33.9 Å². The van der Waals surface area contributed by atoms with Crippen LogP contribution in [0.3, 0.4) is 0 Å². The van der Waals surface area contributed by atoms with Crippen molar-refractivity contribution in [2.45, 2.75) is 86.8 Å². The smallest absolute Gasteiger partial charge is 0.303 e. The normalized spacial score (nSPS) is 57.9. The van der Waals surface area contributed by atoms with E-state index in [0.29, 0.717) is 32.4 Å².